The van der Waals surface area contributed by atoms with E-state index < -0.39 is 0 Å². The molecule has 9 aromatic carbocycles. The highest BCUT2D eigenvalue weighted by molar-refractivity contribution is 7.25. The van der Waals surface area contributed by atoms with Gasteiger partial charge >= 0.3 is 0 Å². The third-order valence-corrected chi connectivity index (χ3v) is 11.7. The van der Waals surface area contributed by atoms with Gasteiger partial charge in [0.05, 0.1) is 11.4 Å². The zero-order valence-corrected chi connectivity index (χ0v) is 30.7. The van der Waals surface area contributed by atoms with Gasteiger partial charge in [0.1, 0.15) is 0 Å². The minimum Gasteiger partial charge on any atom is -0.300 e. The monoisotopic (exact) mass is 718 g/mol. The van der Waals surface area contributed by atoms with Gasteiger partial charge in [0, 0.05) is 37.5 Å². The molecule has 0 saturated carbocycles. The molecule has 1 N–H and O–H groups in total. The molecule has 0 radical (unpaired) electrons. The van der Waals surface area contributed by atoms with E-state index in [0.29, 0.717) is 5.71 Å². The largest absolute Gasteiger partial charge is 0.300 e. The molecule has 10 aromatic rings. The summed E-state index contributed by atoms with van der Waals surface area (Å²) < 4.78 is 2.56. The molecule has 0 bridgehead atoms. The molecule has 0 fully saturated rings. The van der Waals surface area contributed by atoms with Crippen molar-refractivity contribution in [2.75, 3.05) is 0 Å². The summed E-state index contributed by atoms with van der Waals surface area (Å²) in [5.41, 5.74) is 8.58. The van der Waals surface area contributed by atoms with Crippen molar-refractivity contribution in [3.63, 3.8) is 0 Å². The van der Waals surface area contributed by atoms with E-state index in [2.05, 4.69) is 164 Å². The number of aliphatic imine (C=N–C) groups is 1. The molecular formula is C52H34N2S. The predicted octanol–water partition coefficient (Wildman–Crippen LogP) is 14.4. The van der Waals surface area contributed by atoms with Crippen molar-refractivity contribution in [3.05, 3.63) is 211 Å². The first kappa shape index (κ1) is 32.7. The number of hydrogen-bond donors (Lipinski definition) is 1. The lowest BCUT2D eigenvalue weighted by Gasteiger charge is -2.19. The Morgan fingerprint density at radius 2 is 1.11 bits per heavy atom. The number of rotatable bonds is 7. The van der Waals surface area contributed by atoms with E-state index in [1.54, 1.807) is 0 Å². The summed E-state index contributed by atoms with van der Waals surface area (Å²) in [5, 5.41) is 19.1. The molecule has 0 spiro atoms. The molecule has 1 aromatic heterocycles. The van der Waals surface area contributed by atoms with Gasteiger partial charge < -0.3 is 5.41 Å². The lowest BCUT2D eigenvalue weighted by molar-refractivity contribution is 1.48. The van der Waals surface area contributed by atoms with Gasteiger partial charge in [-0.05, 0) is 84.4 Å². The standard InChI is InChI=1S/C52H34N2S/c53-46(39-20-13-19-37(30-39)38-27-28-42-41-22-11-12-25-48(41)55-49(42)31-38)32-47(54-33-34-14-3-1-4-15-34)51-44-24-10-9-23-43(44)50(36-17-5-2-6-18-36)52-40-21-8-7-16-35(40)26-29-45(51)52/h1-33,53H/b47-32-,53-46?,54-33?. The molecule has 258 valence electrons. The first-order valence-electron chi connectivity index (χ1n) is 18.5. The Kier molecular flexibility index (Phi) is 8.20. The van der Waals surface area contributed by atoms with Crippen LogP contribution in [0.2, 0.25) is 0 Å². The van der Waals surface area contributed by atoms with E-state index in [4.69, 9.17) is 4.99 Å². The fourth-order valence-corrected chi connectivity index (χ4v) is 9.12. The van der Waals surface area contributed by atoms with Gasteiger partial charge in [-0.3, -0.25) is 4.99 Å². The number of nitrogens with one attached hydrogen (secondary N) is 1. The van der Waals surface area contributed by atoms with Crippen molar-refractivity contribution in [1.29, 1.82) is 5.41 Å². The molecule has 2 nitrogen and oxygen atoms in total. The Balaban J connectivity index is 1.18. The average molecular weight is 719 g/mol. The second kappa shape index (κ2) is 13.8. The average Bonchev–Trinajstić information content (AvgIpc) is 3.63. The lowest BCUT2D eigenvalue weighted by atomic mass is 9.85. The first-order chi connectivity index (χ1) is 27.2. The van der Waals surface area contributed by atoms with Crippen molar-refractivity contribution in [2.45, 2.75) is 0 Å². The van der Waals surface area contributed by atoms with Crippen LogP contribution in [-0.4, -0.2) is 11.9 Å². The molecule has 0 aliphatic rings. The van der Waals surface area contributed by atoms with Crippen LogP contribution >= 0.6 is 11.3 Å². The Hall–Kier alpha value is -6.94. The Morgan fingerprint density at radius 1 is 0.473 bits per heavy atom. The van der Waals surface area contributed by atoms with Crippen LogP contribution in [-0.2, 0) is 0 Å². The summed E-state index contributed by atoms with van der Waals surface area (Å²) in [5.74, 6) is 0. The van der Waals surface area contributed by atoms with E-state index in [-0.39, 0.29) is 0 Å². The van der Waals surface area contributed by atoms with Crippen molar-refractivity contribution >= 4 is 81.4 Å². The predicted molar refractivity (Wildman–Crippen MR) is 238 cm³/mol. The van der Waals surface area contributed by atoms with Crippen LogP contribution in [0.4, 0.5) is 0 Å². The first-order valence-corrected chi connectivity index (χ1v) is 19.3. The maximum atomic E-state index is 9.63. The number of allylic oxidation sites excluding steroid dienone is 1. The summed E-state index contributed by atoms with van der Waals surface area (Å²) in [7, 11) is 0. The van der Waals surface area contributed by atoms with Crippen molar-refractivity contribution in [1.82, 2.24) is 0 Å². The van der Waals surface area contributed by atoms with Gasteiger partial charge in [-0.25, -0.2) is 0 Å². The summed E-state index contributed by atoms with van der Waals surface area (Å²) in [6, 6.07) is 66.3. The zero-order chi connectivity index (χ0) is 36.7. The molecule has 0 atom stereocenters. The van der Waals surface area contributed by atoms with E-state index in [1.807, 2.05) is 47.9 Å². The van der Waals surface area contributed by atoms with Crippen LogP contribution in [0, 0.1) is 5.41 Å². The van der Waals surface area contributed by atoms with Gasteiger partial charge in [0.15, 0.2) is 0 Å². The number of thiophene rings is 1. The van der Waals surface area contributed by atoms with Crippen LogP contribution in [0.1, 0.15) is 16.7 Å². The summed E-state index contributed by atoms with van der Waals surface area (Å²) in [6.45, 7) is 0. The molecule has 0 aliphatic heterocycles. The highest BCUT2D eigenvalue weighted by Crippen LogP contribution is 2.45. The maximum Gasteiger partial charge on any atom is 0.0736 e. The second-order valence-electron chi connectivity index (χ2n) is 13.9. The lowest BCUT2D eigenvalue weighted by Crippen LogP contribution is -1.99. The smallest absolute Gasteiger partial charge is 0.0736 e. The summed E-state index contributed by atoms with van der Waals surface area (Å²) in [4.78, 5) is 5.24. The molecular weight excluding hydrogens is 685 g/mol. The topological polar surface area (TPSA) is 36.2 Å². The van der Waals surface area contributed by atoms with Gasteiger partial charge in [0.25, 0.3) is 0 Å². The highest BCUT2D eigenvalue weighted by Gasteiger charge is 2.20. The fraction of sp³-hybridized carbons (Fsp3) is 0. The highest BCUT2D eigenvalue weighted by atomic mass is 32.1. The summed E-state index contributed by atoms with van der Waals surface area (Å²) >= 11 is 1.82. The van der Waals surface area contributed by atoms with Crippen molar-refractivity contribution in [3.8, 4) is 22.3 Å². The van der Waals surface area contributed by atoms with Crippen LogP contribution in [0.5, 0.6) is 0 Å². The van der Waals surface area contributed by atoms with Crippen LogP contribution in [0.3, 0.4) is 0 Å². The van der Waals surface area contributed by atoms with Crippen molar-refractivity contribution in [2.24, 2.45) is 4.99 Å². The SMILES string of the molecule is N=C(/C=C(\N=Cc1ccccc1)c1c2ccccc2c(-c2ccccc2)c2c1ccc1ccccc12)c1cccc(-c2ccc3c(c2)sc2ccccc23)c1. The Morgan fingerprint density at radius 3 is 1.95 bits per heavy atom. The van der Waals surface area contributed by atoms with E-state index in [9.17, 15) is 5.41 Å². The molecule has 1 heterocycles. The molecule has 0 amide bonds. The molecule has 10 rings (SSSR count). The van der Waals surface area contributed by atoms with Crippen LogP contribution in [0.15, 0.2) is 199 Å². The van der Waals surface area contributed by atoms with Gasteiger partial charge in [-0.1, -0.05) is 170 Å². The molecule has 3 heteroatoms. The van der Waals surface area contributed by atoms with Crippen LogP contribution < -0.4 is 0 Å². The van der Waals surface area contributed by atoms with Crippen LogP contribution in [0.25, 0.3) is 80.4 Å². The van der Waals surface area contributed by atoms with E-state index in [0.717, 1.165) is 49.7 Å². The Labute approximate surface area is 323 Å². The number of hydrogen-bond acceptors (Lipinski definition) is 3. The van der Waals surface area contributed by atoms with Gasteiger partial charge in [0.2, 0.25) is 0 Å². The summed E-state index contributed by atoms with van der Waals surface area (Å²) in [6.07, 6.45) is 3.87. The van der Waals surface area contributed by atoms with Gasteiger partial charge in [-0.2, -0.15) is 0 Å². The number of nitrogens with zero attached hydrogens (tertiary/aromatic N) is 1. The van der Waals surface area contributed by atoms with E-state index >= 15 is 0 Å². The quantitative estimate of drug-likeness (QED) is 0.0968. The second-order valence-corrected chi connectivity index (χ2v) is 15.0. The minimum atomic E-state index is 0.398. The molecule has 55 heavy (non-hydrogen) atoms. The van der Waals surface area contributed by atoms with E-state index in [1.165, 1.54) is 47.5 Å². The minimum absolute atomic E-state index is 0.398. The molecule has 0 unspecified atom stereocenters. The van der Waals surface area contributed by atoms with Crippen molar-refractivity contribution < 1.29 is 0 Å². The number of benzene rings is 9. The fourth-order valence-electron chi connectivity index (χ4n) is 7.98. The maximum absolute atomic E-state index is 9.63. The molecule has 0 saturated heterocycles. The third-order valence-electron chi connectivity index (χ3n) is 10.6. The Bertz CT molecular complexity index is 3150. The number of fused-ring (bicyclic) bond motifs is 7. The zero-order valence-electron chi connectivity index (χ0n) is 29.9. The normalized spacial score (nSPS) is 12.1. The third kappa shape index (κ3) is 5.92. The van der Waals surface area contributed by atoms with Gasteiger partial charge in [-0.15, -0.1) is 11.3 Å². The molecule has 0 aliphatic carbocycles.